The second kappa shape index (κ2) is 11.6. The van der Waals surface area contributed by atoms with Gasteiger partial charge in [-0.05, 0) is 12.1 Å². The number of benzene rings is 1. The predicted octanol–water partition coefficient (Wildman–Crippen LogP) is -3.63. The molecule has 94 valence electrons. The Morgan fingerprint density at radius 2 is 1.89 bits per heavy atom. The third-order valence-corrected chi connectivity index (χ3v) is 1.50. The van der Waals surface area contributed by atoms with E-state index in [1.165, 1.54) is 12.1 Å². The molecule has 1 aromatic carbocycles. The number of rotatable bonds is 4. The average Bonchev–Trinajstić information content (AvgIpc) is 2.25. The van der Waals surface area contributed by atoms with Crippen LogP contribution in [0.15, 0.2) is 24.3 Å². The molecular weight excluding hydrogens is 306 g/mol. The molecule has 0 aliphatic rings. The van der Waals surface area contributed by atoms with Gasteiger partial charge in [0.2, 0.25) is 0 Å². The summed E-state index contributed by atoms with van der Waals surface area (Å²) in [6.45, 7) is 0. The molecule has 0 amide bonds. The summed E-state index contributed by atoms with van der Waals surface area (Å²) in [5.74, 6) is -0.858. The van der Waals surface area contributed by atoms with Crippen LogP contribution in [0.25, 0.3) is 0 Å². The first-order valence-corrected chi connectivity index (χ1v) is 5.31. The largest absolute Gasteiger partial charge is 1.00 e. The molecule has 0 saturated heterocycles. The predicted molar refractivity (Wildman–Crippen MR) is 59.1 cm³/mol. The van der Waals surface area contributed by atoms with Gasteiger partial charge in [-0.25, -0.2) is 4.79 Å². The van der Waals surface area contributed by atoms with Gasteiger partial charge < -0.3 is 25.1 Å². The minimum Gasteiger partial charge on any atom is -0.832 e. The van der Waals surface area contributed by atoms with Gasteiger partial charge in [0.1, 0.15) is 11.1 Å². The molecule has 0 bridgehead atoms. The Kier molecular flexibility index (Phi) is 12.7. The maximum atomic E-state index is 10.6. The molecule has 0 radical (unpaired) electrons. The number of para-hydroxylation sites is 1. The maximum Gasteiger partial charge on any atom is 1.00 e. The Morgan fingerprint density at radius 1 is 1.39 bits per heavy atom. The van der Waals surface area contributed by atoms with Crippen LogP contribution in [0.4, 0.5) is 0 Å². The van der Waals surface area contributed by atoms with E-state index in [0.29, 0.717) is 0 Å². The molecule has 0 heterocycles. The fourth-order valence-corrected chi connectivity index (χ4v) is 0.895. The molecule has 18 heavy (non-hydrogen) atoms. The number of halogens is 1. The summed E-state index contributed by atoms with van der Waals surface area (Å²) in [6.07, 6.45) is 0. The molecule has 0 aromatic heterocycles. The summed E-state index contributed by atoms with van der Waals surface area (Å²) in [6, 6.07) is 6.24. The van der Waals surface area contributed by atoms with Crippen molar-refractivity contribution in [3.8, 4) is 5.75 Å². The van der Waals surface area contributed by atoms with Crippen LogP contribution < -0.4 is 28.8 Å². The average molecular weight is 315 g/mol. The van der Waals surface area contributed by atoms with Crippen molar-refractivity contribution in [2.75, 3.05) is 5.52 Å². The number of aromatic carboxylic acids is 1. The van der Waals surface area contributed by atoms with E-state index in [2.05, 4.69) is 20.8 Å². The molecule has 3 N–H and O–H groups in total. The van der Waals surface area contributed by atoms with Crippen LogP contribution in [0.2, 0.25) is 0 Å². The minimum absolute atomic E-state index is 0. The van der Waals surface area contributed by atoms with Crippen LogP contribution in [0.5, 0.6) is 5.75 Å². The second-order valence-electron chi connectivity index (χ2n) is 2.44. The smallest absolute Gasteiger partial charge is 0.832 e. The molecule has 10 heteroatoms. The van der Waals surface area contributed by atoms with Crippen LogP contribution in [-0.2, 0) is 4.89 Å². The van der Waals surface area contributed by atoms with E-state index in [1.807, 2.05) is 0 Å². The summed E-state index contributed by atoms with van der Waals surface area (Å²) in [7, 11) is -2.42. The van der Waals surface area contributed by atoms with Crippen molar-refractivity contribution in [3.05, 3.63) is 29.8 Å². The Morgan fingerprint density at radius 3 is 2.33 bits per heavy atom. The molecule has 0 unspecified atom stereocenters. The Labute approximate surface area is 124 Å². The van der Waals surface area contributed by atoms with Crippen LogP contribution in [0, 0.1) is 0 Å². The molecule has 1 aromatic rings. The van der Waals surface area contributed by atoms with Crippen molar-refractivity contribution in [2.45, 2.75) is 0 Å². The van der Waals surface area contributed by atoms with Gasteiger partial charge in [-0.3, -0.25) is 0 Å². The van der Waals surface area contributed by atoms with Crippen LogP contribution in [0.3, 0.4) is 0 Å². The summed E-state index contributed by atoms with van der Waals surface area (Å²) in [4.78, 5) is 19.9. The van der Waals surface area contributed by atoms with E-state index >= 15 is 0 Å². The van der Waals surface area contributed by atoms with Crippen LogP contribution >= 0.6 is 15.9 Å². The van der Waals surface area contributed by atoms with Gasteiger partial charge in [0, 0.05) is 0 Å². The number of carbonyl (C=O) groups is 1. The van der Waals surface area contributed by atoms with Gasteiger partial charge in [-0.2, -0.15) is 4.89 Å². The van der Waals surface area contributed by atoms with Gasteiger partial charge in [-0.1, -0.05) is 28.1 Å². The zero-order valence-electron chi connectivity index (χ0n) is 9.45. The molecule has 0 aliphatic carbocycles. The number of carboxylic acids is 1. The quantitative estimate of drug-likeness (QED) is 0.227. The first-order chi connectivity index (χ1) is 7.99. The Bertz CT molecular complexity index is 349. The van der Waals surface area contributed by atoms with E-state index in [9.17, 15) is 4.79 Å². The topological polar surface area (TPSA) is 119 Å². The molecule has 0 aliphatic heterocycles. The molecule has 7 nitrogen and oxygen atoms in total. The molecule has 1 rings (SSSR count). The van der Waals surface area contributed by atoms with E-state index < -0.39 is 13.3 Å². The summed E-state index contributed by atoms with van der Waals surface area (Å²) < 4.78 is 0. The van der Waals surface area contributed by atoms with Crippen molar-refractivity contribution < 1.29 is 53.6 Å². The molecule has 0 atom stereocenters. The number of carboxylic acid groups (broad SMARTS) is 1. The third kappa shape index (κ3) is 9.50. The van der Waals surface area contributed by atoms with Crippen molar-refractivity contribution in [2.24, 2.45) is 0 Å². The maximum absolute atomic E-state index is 10.6. The van der Waals surface area contributed by atoms with Crippen LogP contribution in [-0.4, -0.2) is 34.0 Å². The monoisotopic (exact) mass is 314 g/mol. The Hall–Kier alpha value is -0.528. The number of hydrogen-bond donors (Lipinski definition) is 3. The summed E-state index contributed by atoms with van der Waals surface area (Å²) >= 11 is 2.97. The van der Waals surface area contributed by atoms with Crippen molar-refractivity contribution in [1.29, 1.82) is 0 Å². The zero-order chi connectivity index (χ0) is 13.3. The van der Waals surface area contributed by atoms with E-state index in [0.717, 1.165) is 0 Å². The van der Waals surface area contributed by atoms with Crippen molar-refractivity contribution >= 4 is 29.2 Å². The van der Waals surface area contributed by atoms with Crippen molar-refractivity contribution in [1.82, 2.24) is 0 Å². The van der Waals surface area contributed by atoms with Gasteiger partial charge in [0.25, 0.3) is 0 Å². The zero-order valence-corrected chi connectivity index (χ0v) is 11.0. The third-order valence-electron chi connectivity index (χ3n) is 1.31. The fourth-order valence-electron chi connectivity index (χ4n) is 0.802. The first kappa shape index (κ1) is 19.8. The summed E-state index contributed by atoms with van der Waals surface area (Å²) in [5.41, 5.74) is 0.254. The van der Waals surface area contributed by atoms with Crippen molar-refractivity contribution in [3.63, 3.8) is 0 Å². The van der Waals surface area contributed by atoms with Gasteiger partial charge in [0.05, 0.1) is 0 Å². The SMILES string of the molecule is O=C(O)c1ccccc1OOCBr.[Li+].[O-]B(O)O. The van der Waals surface area contributed by atoms with E-state index in [4.69, 9.17) is 25.1 Å². The molecule has 0 spiro atoms. The molecule has 0 saturated carbocycles. The first-order valence-electron chi connectivity index (χ1n) is 4.18. The van der Waals surface area contributed by atoms with Gasteiger partial charge >= 0.3 is 32.2 Å². The summed E-state index contributed by atoms with van der Waals surface area (Å²) in [5, 5.41) is 31.5. The number of hydrogen-bond acceptors (Lipinski definition) is 6. The number of alkyl halides is 1. The second-order valence-corrected chi connectivity index (χ2v) is 2.90. The van der Waals surface area contributed by atoms with Gasteiger partial charge in [0.15, 0.2) is 5.75 Å². The molecular formula is C8H9BBrLiO7. The van der Waals surface area contributed by atoms with Gasteiger partial charge in [-0.15, -0.1) is 0 Å². The molecule has 0 fully saturated rings. The Balaban J connectivity index is 0. The minimum atomic E-state index is -2.42. The van der Waals surface area contributed by atoms with E-state index in [-0.39, 0.29) is 35.7 Å². The fraction of sp³-hybridized carbons (Fsp3) is 0.125. The standard InChI is InChI=1S/C8H7BrO4.BH2O3.Li/c9-5-12-13-7-4-2-1-3-6(7)8(10)11;2-1(3)4;/h1-4H,5H2,(H,10,11);2-3H;/q;-1;+1. The van der Waals surface area contributed by atoms with E-state index in [1.54, 1.807) is 12.1 Å². The normalized spacial score (nSPS) is 8.44. The van der Waals surface area contributed by atoms with Crippen LogP contribution in [0.1, 0.15) is 10.4 Å².